The van der Waals surface area contributed by atoms with Crippen molar-refractivity contribution in [1.29, 1.82) is 0 Å². The van der Waals surface area contributed by atoms with Crippen LogP contribution < -0.4 is 0 Å². The molecule has 0 spiro atoms. The molecule has 124 valence electrons. The van der Waals surface area contributed by atoms with Gasteiger partial charge in [0.05, 0.1) is 0 Å². The van der Waals surface area contributed by atoms with Crippen molar-refractivity contribution in [2.45, 2.75) is 78.3 Å². The summed E-state index contributed by atoms with van der Waals surface area (Å²) in [5.74, 6) is 0. The van der Waals surface area contributed by atoms with E-state index >= 15 is 0 Å². The van der Waals surface area contributed by atoms with Crippen LogP contribution in [0.15, 0.2) is 0 Å². The molecule has 0 heterocycles. The molecule has 0 aliphatic carbocycles. The van der Waals surface area contributed by atoms with Gasteiger partial charge in [-0.1, -0.05) is 59.4 Å². The highest BCUT2D eigenvalue weighted by atomic mass is 28.4. The summed E-state index contributed by atoms with van der Waals surface area (Å²) in [7, 11) is 0.743. The van der Waals surface area contributed by atoms with Gasteiger partial charge in [0.2, 0.25) is 0 Å². The van der Waals surface area contributed by atoms with E-state index < -0.39 is 8.80 Å². The lowest BCUT2D eigenvalue weighted by atomic mass is 10.3. The van der Waals surface area contributed by atoms with Gasteiger partial charge in [-0.25, -0.2) is 0 Å². The second kappa shape index (κ2) is 17.4. The molecular weight excluding hydrogens is 284 g/mol. The minimum Gasteiger partial charge on any atom is -0.377 e. The summed E-state index contributed by atoms with van der Waals surface area (Å²) in [6, 6.07) is 2.25. The van der Waals surface area contributed by atoms with Gasteiger partial charge in [-0.15, -0.1) is 0 Å². The molecule has 0 saturated heterocycles. The van der Waals surface area contributed by atoms with Gasteiger partial charge < -0.3 is 13.3 Å². The van der Waals surface area contributed by atoms with Crippen LogP contribution in [0.2, 0.25) is 12.1 Å². The summed E-state index contributed by atoms with van der Waals surface area (Å²) in [6.07, 6.45) is 7.07. The second-order valence-electron chi connectivity index (χ2n) is 5.06. The Hall–Kier alpha value is 0.314. The highest BCUT2D eigenvalue weighted by Crippen LogP contribution is 2.16. The highest BCUT2D eigenvalue weighted by Gasteiger charge is 2.37. The summed E-state index contributed by atoms with van der Waals surface area (Å²) in [5.41, 5.74) is 0. The van der Waals surface area contributed by atoms with Gasteiger partial charge in [0.1, 0.15) is 0 Å². The lowest BCUT2D eigenvalue weighted by Crippen LogP contribution is -2.44. The van der Waals surface area contributed by atoms with Gasteiger partial charge in [0.25, 0.3) is 0 Å². The summed E-state index contributed by atoms with van der Waals surface area (Å²) in [6.45, 7) is 10.2. The van der Waals surface area contributed by atoms with E-state index in [2.05, 4.69) is 27.7 Å². The Balaban J connectivity index is 0. The van der Waals surface area contributed by atoms with Crippen LogP contribution in [-0.2, 0) is 13.3 Å². The van der Waals surface area contributed by atoms with Crippen molar-refractivity contribution >= 4 is 19.0 Å². The molecule has 5 heteroatoms. The van der Waals surface area contributed by atoms with Crippen molar-refractivity contribution in [2.75, 3.05) is 20.3 Å². The van der Waals surface area contributed by atoms with Gasteiger partial charge in [-0.3, -0.25) is 0 Å². The van der Waals surface area contributed by atoms with Crippen molar-refractivity contribution < 1.29 is 13.3 Å². The molecule has 0 radical (unpaired) electrons. The van der Waals surface area contributed by atoms with Crippen LogP contribution in [0, 0.1) is 0 Å². The number of hydrogen-bond acceptors (Lipinski definition) is 3. The number of hydrogen-bond donors (Lipinski definition) is 0. The SMILES string of the molecule is CCCCCO[Si](CC)(OC)OCCCCC.CC[SiH3]. The first-order valence-corrected chi connectivity index (χ1v) is 11.8. The Morgan fingerprint density at radius 3 is 1.45 bits per heavy atom. The van der Waals surface area contributed by atoms with E-state index in [4.69, 9.17) is 13.3 Å². The average molecular weight is 323 g/mol. The molecule has 0 bridgehead atoms. The Kier molecular flexibility index (Phi) is 19.6. The molecule has 0 atom stereocenters. The smallest absolute Gasteiger partial charge is 0.377 e. The Labute approximate surface area is 131 Å². The van der Waals surface area contributed by atoms with Crippen molar-refractivity contribution in [3.63, 3.8) is 0 Å². The van der Waals surface area contributed by atoms with Crippen LogP contribution >= 0.6 is 0 Å². The molecule has 0 aromatic rings. The minimum absolute atomic E-state index is 0.773. The molecule has 0 aliphatic heterocycles. The average Bonchev–Trinajstić information content (AvgIpc) is 2.47. The third-order valence-electron chi connectivity index (χ3n) is 2.88. The molecule has 0 aromatic heterocycles. The summed E-state index contributed by atoms with van der Waals surface area (Å²) >= 11 is 0. The molecular formula is C15H38O3Si2. The van der Waals surface area contributed by atoms with E-state index in [1.165, 1.54) is 42.0 Å². The third kappa shape index (κ3) is 13.3. The van der Waals surface area contributed by atoms with Gasteiger partial charge >= 0.3 is 8.80 Å². The molecule has 0 saturated carbocycles. The molecule has 0 rings (SSSR count). The molecule has 0 aliphatic rings. The van der Waals surface area contributed by atoms with Crippen molar-refractivity contribution in [2.24, 2.45) is 0 Å². The zero-order chi connectivity index (χ0) is 15.7. The molecule has 0 N–H and O–H groups in total. The predicted molar refractivity (Wildman–Crippen MR) is 94.6 cm³/mol. The van der Waals surface area contributed by atoms with Gasteiger partial charge in [0.15, 0.2) is 0 Å². The quantitative estimate of drug-likeness (QED) is 0.404. The summed E-state index contributed by atoms with van der Waals surface area (Å²) in [4.78, 5) is 0. The number of unbranched alkanes of at least 4 members (excludes halogenated alkanes) is 4. The van der Waals surface area contributed by atoms with E-state index in [0.29, 0.717) is 0 Å². The largest absolute Gasteiger partial charge is 0.500 e. The zero-order valence-electron chi connectivity index (χ0n) is 14.8. The first-order valence-electron chi connectivity index (χ1n) is 8.49. The maximum absolute atomic E-state index is 5.90. The van der Waals surface area contributed by atoms with Crippen molar-refractivity contribution in [1.82, 2.24) is 0 Å². The number of rotatable bonds is 12. The fourth-order valence-electron chi connectivity index (χ4n) is 1.67. The standard InChI is InChI=1S/C13H30O3Si.C2H8Si/c1-5-8-10-12-15-17(7-3,14-4)16-13-11-9-6-2;1-2-3/h5-13H2,1-4H3;2H2,1,3H3. The van der Waals surface area contributed by atoms with E-state index in [9.17, 15) is 0 Å². The van der Waals surface area contributed by atoms with E-state index in [0.717, 1.165) is 32.1 Å². The van der Waals surface area contributed by atoms with Gasteiger partial charge in [-0.05, 0) is 12.8 Å². The topological polar surface area (TPSA) is 27.7 Å². The maximum Gasteiger partial charge on any atom is 0.500 e. The Morgan fingerprint density at radius 1 is 0.800 bits per heavy atom. The zero-order valence-corrected chi connectivity index (χ0v) is 17.8. The van der Waals surface area contributed by atoms with Gasteiger partial charge in [0, 0.05) is 36.6 Å². The molecule has 0 unspecified atom stereocenters. The van der Waals surface area contributed by atoms with Crippen LogP contribution in [0.3, 0.4) is 0 Å². The first-order chi connectivity index (χ1) is 9.66. The predicted octanol–water partition coefficient (Wildman–Crippen LogP) is 3.80. The third-order valence-corrected chi connectivity index (χ3v) is 5.66. The van der Waals surface area contributed by atoms with Crippen LogP contribution in [0.25, 0.3) is 0 Å². The molecule has 20 heavy (non-hydrogen) atoms. The van der Waals surface area contributed by atoms with E-state index in [1.807, 2.05) is 0 Å². The van der Waals surface area contributed by atoms with Gasteiger partial charge in [-0.2, -0.15) is 0 Å². The fourth-order valence-corrected chi connectivity index (χ4v) is 3.59. The first kappa shape index (κ1) is 22.6. The lowest BCUT2D eigenvalue weighted by Gasteiger charge is -2.27. The van der Waals surface area contributed by atoms with E-state index in [-0.39, 0.29) is 0 Å². The highest BCUT2D eigenvalue weighted by molar-refractivity contribution is 6.60. The monoisotopic (exact) mass is 322 g/mol. The van der Waals surface area contributed by atoms with Crippen LogP contribution in [0.5, 0.6) is 0 Å². The fraction of sp³-hybridized carbons (Fsp3) is 1.00. The van der Waals surface area contributed by atoms with E-state index in [1.54, 1.807) is 7.11 Å². The van der Waals surface area contributed by atoms with Crippen molar-refractivity contribution in [3.05, 3.63) is 0 Å². The lowest BCUT2D eigenvalue weighted by molar-refractivity contribution is 0.0756. The Bertz CT molecular complexity index is 163. The minimum atomic E-state index is -2.34. The molecule has 0 amide bonds. The molecule has 0 aromatic carbocycles. The second-order valence-corrected chi connectivity index (χ2v) is 9.53. The van der Waals surface area contributed by atoms with Crippen LogP contribution in [0.1, 0.15) is 66.2 Å². The summed E-state index contributed by atoms with van der Waals surface area (Å²) in [5, 5.41) is 0. The van der Waals surface area contributed by atoms with Crippen LogP contribution in [-0.4, -0.2) is 39.4 Å². The van der Waals surface area contributed by atoms with Crippen LogP contribution in [0.4, 0.5) is 0 Å². The molecule has 0 fully saturated rings. The Morgan fingerprint density at radius 2 is 1.20 bits per heavy atom. The normalized spacial score (nSPS) is 11.2. The molecule has 3 nitrogen and oxygen atoms in total. The van der Waals surface area contributed by atoms with Crippen molar-refractivity contribution in [3.8, 4) is 0 Å². The maximum atomic E-state index is 5.90. The summed E-state index contributed by atoms with van der Waals surface area (Å²) < 4.78 is 17.4.